The number of hydrogen-bond acceptors (Lipinski definition) is 4. The Morgan fingerprint density at radius 2 is 2.20 bits per heavy atom. The van der Waals surface area contributed by atoms with Crippen molar-refractivity contribution in [2.75, 3.05) is 20.1 Å². The summed E-state index contributed by atoms with van der Waals surface area (Å²) in [7, 11) is 1.47. The van der Waals surface area contributed by atoms with Crippen molar-refractivity contribution in [3.05, 3.63) is 0 Å². The molecule has 20 heavy (non-hydrogen) atoms. The molecule has 3 amide bonds. The molecule has 0 saturated carbocycles. The van der Waals surface area contributed by atoms with Crippen LogP contribution in [-0.4, -0.2) is 48.8 Å². The van der Waals surface area contributed by atoms with Crippen molar-refractivity contribution in [3.63, 3.8) is 0 Å². The van der Waals surface area contributed by atoms with Crippen molar-refractivity contribution >= 4 is 17.7 Å². The van der Waals surface area contributed by atoms with Crippen LogP contribution in [0.5, 0.6) is 0 Å². The lowest BCUT2D eigenvalue weighted by atomic mass is 9.94. The molecule has 6 nitrogen and oxygen atoms in total. The normalized spacial score (nSPS) is 27.6. The van der Waals surface area contributed by atoms with E-state index >= 15 is 0 Å². The Kier molecular flexibility index (Phi) is 5.11. The summed E-state index contributed by atoms with van der Waals surface area (Å²) in [5.41, 5.74) is 0. The van der Waals surface area contributed by atoms with Gasteiger partial charge in [-0.3, -0.25) is 19.3 Å². The second kappa shape index (κ2) is 6.83. The molecule has 2 fully saturated rings. The predicted molar refractivity (Wildman–Crippen MR) is 73.8 cm³/mol. The number of carbonyl (C=O) groups is 3. The molecule has 2 rings (SSSR count). The van der Waals surface area contributed by atoms with Crippen LogP contribution >= 0.6 is 0 Å². The Bertz CT molecular complexity index is 391. The average Bonchev–Trinajstić information content (AvgIpc) is 2.47. The summed E-state index contributed by atoms with van der Waals surface area (Å²) in [5.74, 6) is 0.000179. The molecular weight excluding hydrogens is 258 g/mol. The van der Waals surface area contributed by atoms with Gasteiger partial charge in [0.2, 0.25) is 11.8 Å². The number of carbonyl (C=O) groups excluding carboxylic acids is 3. The number of nitrogens with zero attached hydrogens (tertiary/aromatic N) is 1. The molecule has 2 aliphatic heterocycles. The van der Waals surface area contributed by atoms with E-state index in [1.54, 1.807) is 0 Å². The van der Waals surface area contributed by atoms with Crippen LogP contribution in [0.1, 0.15) is 38.5 Å². The number of hydrogen-bond donors (Lipinski definition) is 2. The molecule has 0 bridgehead atoms. The molecule has 112 valence electrons. The second-order valence-corrected chi connectivity index (χ2v) is 5.70. The monoisotopic (exact) mass is 281 g/mol. The number of nitrogens with one attached hydrogen (secondary N) is 2. The standard InChI is InChI=1S/C14H23N3O3/c1-17-13(19)7-5-11(14(17)20)16-12(18)6-4-10-3-2-8-15-9-10/h10-11,15H,2-9H2,1H3,(H,16,18). The van der Waals surface area contributed by atoms with E-state index < -0.39 is 6.04 Å². The second-order valence-electron chi connectivity index (χ2n) is 5.70. The van der Waals surface area contributed by atoms with Gasteiger partial charge in [-0.25, -0.2) is 0 Å². The summed E-state index contributed by atoms with van der Waals surface area (Å²) in [6.07, 6.45) is 4.38. The van der Waals surface area contributed by atoms with Crippen LogP contribution in [0.2, 0.25) is 0 Å². The summed E-state index contributed by atoms with van der Waals surface area (Å²) in [6.45, 7) is 2.05. The minimum Gasteiger partial charge on any atom is -0.344 e. The molecular formula is C14H23N3O3. The summed E-state index contributed by atoms with van der Waals surface area (Å²) in [4.78, 5) is 36.2. The summed E-state index contributed by atoms with van der Waals surface area (Å²) < 4.78 is 0. The van der Waals surface area contributed by atoms with Crippen LogP contribution in [0.15, 0.2) is 0 Å². The Labute approximate surface area is 119 Å². The Balaban J connectivity index is 1.73. The van der Waals surface area contributed by atoms with E-state index in [2.05, 4.69) is 10.6 Å². The van der Waals surface area contributed by atoms with Crippen molar-refractivity contribution in [3.8, 4) is 0 Å². The summed E-state index contributed by atoms with van der Waals surface area (Å²) in [5, 5.41) is 6.08. The Morgan fingerprint density at radius 3 is 2.90 bits per heavy atom. The number of likely N-dealkylation sites (N-methyl/N-ethyl adjacent to an activating group) is 1. The third-order valence-corrected chi connectivity index (χ3v) is 4.16. The van der Waals surface area contributed by atoms with E-state index in [0.29, 0.717) is 25.2 Å². The maximum Gasteiger partial charge on any atom is 0.251 e. The van der Waals surface area contributed by atoms with Gasteiger partial charge in [0.15, 0.2) is 0 Å². The van der Waals surface area contributed by atoms with Crippen molar-refractivity contribution in [1.82, 2.24) is 15.5 Å². The third-order valence-electron chi connectivity index (χ3n) is 4.16. The van der Waals surface area contributed by atoms with Gasteiger partial charge in [0.05, 0.1) is 0 Å². The largest absolute Gasteiger partial charge is 0.344 e. The van der Waals surface area contributed by atoms with Gasteiger partial charge >= 0.3 is 0 Å². The first-order valence-electron chi connectivity index (χ1n) is 7.38. The molecule has 0 aromatic rings. The smallest absolute Gasteiger partial charge is 0.251 e. The Morgan fingerprint density at radius 1 is 1.40 bits per heavy atom. The fourth-order valence-corrected chi connectivity index (χ4v) is 2.82. The first-order chi connectivity index (χ1) is 9.58. The van der Waals surface area contributed by atoms with Gasteiger partial charge in [0.1, 0.15) is 6.04 Å². The van der Waals surface area contributed by atoms with Crippen LogP contribution in [0.25, 0.3) is 0 Å². The van der Waals surface area contributed by atoms with Gasteiger partial charge in [0.25, 0.3) is 5.91 Å². The zero-order chi connectivity index (χ0) is 14.5. The van der Waals surface area contributed by atoms with Gasteiger partial charge in [-0.2, -0.15) is 0 Å². The van der Waals surface area contributed by atoms with E-state index in [1.165, 1.54) is 19.9 Å². The molecule has 0 aliphatic carbocycles. The van der Waals surface area contributed by atoms with E-state index in [4.69, 9.17) is 0 Å². The fourth-order valence-electron chi connectivity index (χ4n) is 2.82. The Hall–Kier alpha value is -1.43. The minimum atomic E-state index is -0.533. The molecule has 0 aromatic heterocycles. The lowest BCUT2D eigenvalue weighted by molar-refractivity contribution is -0.149. The highest BCUT2D eigenvalue weighted by Gasteiger charge is 2.32. The average molecular weight is 281 g/mol. The maximum absolute atomic E-state index is 11.9. The van der Waals surface area contributed by atoms with Crippen molar-refractivity contribution in [1.29, 1.82) is 0 Å². The van der Waals surface area contributed by atoms with Gasteiger partial charge in [-0.15, -0.1) is 0 Å². The molecule has 2 heterocycles. The molecule has 2 aliphatic rings. The zero-order valence-electron chi connectivity index (χ0n) is 12.0. The molecule has 0 radical (unpaired) electrons. The van der Waals surface area contributed by atoms with E-state index in [1.807, 2.05) is 0 Å². The molecule has 0 spiro atoms. The molecule has 2 saturated heterocycles. The molecule has 6 heteroatoms. The first kappa shape index (κ1) is 15.0. The highest BCUT2D eigenvalue weighted by molar-refractivity contribution is 6.01. The maximum atomic E-state index is 11.9. The number of rotatable bonds is 4. The lowest BCUT2D eigenvalue weighted by Crippen LogP contribution is -2.52. The van der Waals surface area contributed by atoms with Crippen molar-refractivity contribution in [2.24, 2.45) is 5.92 Å². The number of amides is 3. The van der Waals surface area contributed by atoms with Crippen molar-refractivity contribution in [2.45, 2.75) is 44.6 Å². The topological polar surface area (TPSA) is 78.5 Å². The number of likely N-dealkylation sites (tertiary alicyclic amines) is 1. The van der Waals surface area contributed by atoms with Crippen LogP contribution < -0.4 is 10.6 Å². The van der Waals surface area contributed by atoms with E-state index in [9.17, 15) is 14.4 Å². The zero-order valence-corrected chi connectivity index (χ0v) is 12.0. The van der Waals surface area contributed by atoms with Gasteiger partial charge in [-0.1, -0.05) is 0 Å². The van der Waals surface area contributed by atoms with Crippen LogP contribution in [0.3, 0.4) is 0 Å². The predicted octanol–water partition coefficient (Wildman–Crippen LogP) is 0.0298. The van der Waals surface area contributed by atoms with Gasteiger partial charge in [-0.05, 0) is 44.7 Å². The quantitative estimate of drug-likeness (QED) is 0.713. The minimum absolute atomic E-state index is 0.0864. The van der Waals surface area contributed by atoms with Crippen LogP contribution in [0, 0.1) is 5.92 Å². The third kappa shape index (κ3) is 3.79. The summed E-state index contributed by atoms with van der Waals surface area (Å²) >= 11 is 0. The first-order valence-corrected chi connectivity index (χ1v) is 7.38. The summed E-state index contributed by atoms with van der Waals surface area (Å²) in [6, 6.07) is -0.533. The van der Waals surface area contributed by atoms with Gasteiger partial charge in [0, 0.05) is 19.9 Å². The van der Waals surface area contributed by atoms with Gasteiger partial charge < -0.3 is 10.6 Å². The van der Waals surface area contributed by atoms with Crippen molar-refractivity contribution < 1.29 is 14.4 Å². The molecule has 2 atom stereocenters. The highest BCUT2D eigenvalue weighted by Crippen LogP contribution is 2.16. The molecule has 2 unspecified atom stereocenters. The van der Waals surface area contributed by atoms with E-state index in [0.717, 1.165) is 24.4 Å². The van der Waals surface area contributed by atoms with Crippen LogP contribution in [-0.2, 0) is 14.4 Å². The molecule has 2 N–H and O–H groups in total. The van der Waals surface area contributed by atoms with Crippen LogP contribution in [0.4, 0.5) is 0 Å². The van der Waals surface area contributed by atoms with E-state index in [-0.39, 0.29) is 17.7 Å². The number of piperidine rings is 2. The molecule has 0 aromatic carbocycles. The lowest BCUT2D eigenvalue weighted by Gasteiger charge is -2.28. The fraction of sp³-hybridized carbons (Fsp3) is 0.786. The number of imide groups is 1. The SMILES string of the molecule is CN1C(=O)CCC(NC(=O)CCC2CCCNC2)C1=O. The highest BCUT2D eigenvalue weighted by atomic mass is 16.2.